The second-order valence-electron chi connectivity index (χ2n) is 5.39. The Bertz CT molecular complexity index is 667. The molecule has 1 aromatic heterocycles. The number of anilines is 1. The lowest BCUT2D eigenvalue weighted by atomic mass is 10.0. The van der Waals surface area contributed by atoms with Crippen LogP contribution in [-0.4, -0.2) is 32.8 Å². The quantitative estimate of drug-likeness (QED) is 0.800. The van der Waals surface area contributed by atoms with Crippen LogP contribution in [0, 0.1) is 5.92 Å². The number of hydrogen-bond donors (Lipinski definition) is 2. The van der Waals surface area contributed by atoms with E-state index >= 15 is 0 Å². The molecular formula is C16H22N2O3S. The van der Waals surface area contributed by atoms with Gasteiger partial charge in [-0.25, -0.2) is 4.79 Å². The fraction of sp³-hybridized carbons (Fsp3) is 0.438. The summed E-state index contributed by atoms with van der Waals surface area (Å²) >= 11 is 1.41. The summed E-state index contributed by atoms with van der Waals surface area (Å²) in [5, 5.41) is 4.36. The fourth-order valence-electron chi connectivity index (χ4n) is 2.27. The van der Waals surface area contributed by atoms with Crippen LogP contribution in [0.15, 0.2) is 18.2 Å². The summed E-state index contributed by atoms with van der Waals surface area (Å²) in [5.41, 5.74) is 6.62. The third kappa shape index (κ3) is 3.18. The Kier molecular flexibility index (Phi) is 5.26. The van der Waals surface area contributed by atoms with Gasteiger partial charge < -0.3 is 20.5 Å². The summed E-state index contributed by atoms with van der Waals surface area (Å²) in [5.74, 6) is 0.747. The predicted octanol–water partition coefficient (Wildman–Crippen LogP) is 3.09. The normalized spacial score (nSPS) is 12.5. The monoisotopic (exact) mass is 322 g/mol. The zero-order valence-electron chi connectivity index (χ0n) is 13.3. The zero-order chi connectivity index (χ0) is 16.3. The maximum Gasteiger partial charge on any atom is 0.350 e. The lowest BCUT2D eigenvalue weighted by Gasteiger charge is -2.22. The number of nitrogens with one attached hydrogen (secondary N) is 1. The lowest BCUT2D eigenvalue weighted by molar-refractivity contribution is 0.0607. The Morgan fingerprint density at radius 3 is 2.64 bits per heavy atom. The van der Waals surface area contributed by atoms with Gasteiger partial charge in [0.1, 0.15) is 10.6 Å². The second kappa shape index (κ2) is 6.98. The van der Waals surface area contributed by atoms with E-state index in [2.05, 4.69) is 19.2 Å². The molecule has 0 bridgehead atoms. The highest BCUT2D eigenvalue weighted by Crippen LogP contribution is 2.39. The minimum atomic E-state index is -0.345. The van der Waals surface area contributed by atoms with Crippen molar-refractivity contribution in [1.29, 1.82) is 0 Å². The van der Waals surface area contributed by atoms with E-state index in [4.69, 9.17) is 15.2 Å². The van der Waals surface area contributed by atoms with E-state index in [-0.39, 0.29) is 12.0 Å². The second-order valence-corrected chi connectivity index (χ2v) is 6.44. The molecule has 2 rings (SSSR count). The Hall–Kier alpha value is -1.79. The van der Waals surface area contributed by atoms with E-state index in [1.54, 1.807) is 7.11 Å². The molecular weight excluding hydrogens is 300 g/mol. The molecule has 3 N–H and O–H groups in total. The van der Waals surface area contributed by atoms with E-state index in [0.717, 1.165) is 21.5 Å². The molecule has 0 aliphatic carbocycles. The predicted molar refractivity (Wildman–Crippen MR) is 91.0 cm³/mol. The lowest BCUT2D eigenvalue weighted by Crippen LogP contribution is -2.34. The van der Waals surface area contributed by atoms with Crippen LogP contribution in [0.5, 0.6) is 5.75 Å². The van der Waals surface area contributed by atoms with Crippen molar-refractivity contribution in [2.45, 2.75) is 19.9 Å². The number of methoxy groups -OCH3 is 2. The average molecular weight is 322 g/mol. The molecule has 6 heteroatoms. The number of nitrogens with two attached hydrogens (primary N) is 1. The molecule has 0 saturated carbocycles. The van der Waals surface area contributed by atoms with Gasteiger partial charge in [-0.15, -0.1) is 11.3 Å². The van der Waals surface area contributed by atoms with Gasteiger partial charge in [-0.05, 0) is 24.1 Å². The minimum Gasteiger partial charge on any atom is -0.497 e. The van der Waals surface area contributed by atoms with Gasteiger partial charge in [-0.1, -0.05) is 13.8 Å². The summed E-state index contributed by atoms with van der Waals surface area (Å²) < 4.78 is 11.2. The zero-order valence-corrected chi connectivity index (χ0v) is 14.1. The van der Waals surface area contributed by atoms with Crippen molar-refractivity contribution in [2.24, 2.45) is 11.7 Å². The van der Waals surface area contributed by atoms with Crippen LogP contribution in [-0.2, 0) is 4.74 Å². The van der Waals surface area contributed by atoms with Gasteiger partial charge in [0.2, 0.25) is 0 Å². The van der Waals surface area contributed by atoms with Gasteiger partial charge in [0, 0.05) is 22.7 Å². The Labute approximate surface area is 134 Å². The maximum absolute atomic E-state index is 12.1. The van der Waals surface area contributed by atoms with Gasteiger partial charge in [0.05, 0.1) is 19.9 Å². The third-order valence-electron chi connectivity index (χ3n) is 3.65. The number of fused-ring (bicyclic) bond motifs is 1. The molecule has 120 valence electrons. The van der Waals surface area contributed by atoms with Crippen molar-refractivity contribution < 1.29 is 14.3 Å². The number of thiophene rings is 1. The standard InChI is InChI=1S/C16H22N2O3S/c1-9(2)12(8-17)18-14-11-7-10(20-3)5-6-13(11)22-15(14)16(19)21-4/h5-7,9,12,18H,8,17H2,1-4H3/t12-/m1/s1. The molecule has 1 aromatic carbocycles. The van der Waals surface area contributed by atoms with Gasteiger partial charge in [-0.2, -0.15) is 0 Å². The highest BCUT2D eigenvalue weighted by Gasteiger charge is 2.22. The number of rotatable bonds is 6. The Morgan fingerprint density at radius 2 is 2.09 bits per heavy atom. The van der Waals surface area contributed by atoms with Gasteiger partial charge in [0.15, 0.2) is 0 Å². The van der Waals surface area contributed by atoms with Crippen LogP contribution in [0.4, 0.5) is 5.69 Å². The van der Waals surface area contributed by atoms with Gasteiger partial charge in [-0.3, -0.25) is 0 Å². The highest BCUT2D eigenvalue weighted by atomic mass is 32.1. The van der Waals surface area contributed by atoms with Gasteiger partial charge >= 0.3 is 5.97 Å². The van der Waals surface area contributed by atoms with Crippen LogP contribution >= 0.6 is 11.3 Å². The molecule has 2 aromatic rings. The summed E-state index contributed by atoms with van der Waals surface area (Å²) in [6.45, 7) is 4.68. The first-order valence-electron chi connectivity index (χ1n) is 7.17. The number of esters is 1. The Balaban J connectivity index is 2.57. The number of carbonyl (C=O) groups excluding carboxylic acids is 1. The van der Waals surface area contributed by atoms with Crippen molar-refractivity contribution >= 4 is 33.1 Å². The van der Waals surface area contributed by atoms with Crippen molar-refractivity contribution in [2.75, 3.05) is 26.1 Å². The van der Waals surface area contributed by atoms with Crippen LogP contribution in [0.2, 0.25) is 0 Å². The number of ether oxygens (including phenoxy) is 2. The maximum atomic E-state index is 12.1. The van der Waals surface area contributed by atoms with E-state index in [0.29, 0.717) is 17.3 Å². The van der Waals surface area contributed by atoms with E-state index in [1.165, 1.54) is 18.4 Å². The summed E-state index contributed by atoms with van der Waals surface area (Å²) in [4.78, 5) is 12.6. The van der Waals surface area contributed by atoms with E-state index in [1.807, 2.05) is 18.2 Å². The van der Waals surface area contributed by atoms with Crippen molar-refractivity contribution in [1.82, 2.24) is 0 Å². The number of hydrogen-bond acceptors (Lipinski definition) is 6. The molecule has 1 atom stereocenters. The van der Waals surface area contributed by atoms with Crippen LogP contribution in [0.3, 0.4) is 0 Å². The molecule has 0 amide bonds. The topological polar surface area (TPSA) is 73.6 Å². The largest absolute Gasteiger partial charge is 0.497 e. The molecule has 0 aliphatic rings. The molecule has 5 nitrogen and oxygen atoms in total. The first-order chi connectivity index (χ1) is 10.5. The smallest absolute Gasteiger partial charge is 0.350 e. The van der Waals surface area contributed by atoms with Crippen LogP contribution < -0.4 is 15.8 Å². The number of benzene rings is 1. The summed E-state index contributed by atoms with van der Waals surface area (Å²) in [6, 6.07) is 5.83. The molecule has 0 unspecified atom stereocenters. The van der Waals surface area contributed by atoms with Crippen molar-refractivity contribution in [3.05, 3.63) is 23.1 Å². The fourth-order valence-corrected chi connectivity index (χ4v) is 3.33. The van der Waals surface area contributed by atoms with Crippen LogP contribution in [0.1, 0.15) is 23.5 Å². The summed E-state index contributed by atoms with van der Waals surface area (Å²) in [7, 11) is 3.01. The SMILES string of the molecule is COC(=O)c1sc2ccc(OC)cc2c1N[C@H](CN)C(C)C. The van der Waals surface area contributed by atoms with E-state index in [9.17, 15) is 4.79 Å². The summed E-state index contributed by atoms with van der Waals surface area (Å²) in [6.07, 6.45) is 0. The molecule has 0 aliphatic heterocycles. The highest BCUT2D eigenvalue weighted by molar-refractivity contribution is 7.21. The minimum absolute atomic E-state index is 0.0763. The van der Waals surface area contributed by atoms with E-state index < -0.39 is 0 Å². The number of carbonyl (C=O) groups is 1. The van der Waals surface area contributed by atoms with Gasteiger partial charge in [0.25, 0.3) is 0 Å². The first-order valence-corrected chi connectivity index (χ1v) is 7.98. The first kappa shape index (κ1) is 16.6. The molecule has 0 spiro atoms. The van der Waals surface area contributed by atoms with Crippen molar-refractivity contribution in [3.8, 4) is 5.75 Å². The molecule has 0 saturated heterocycles. The van der Waals surface area contributed by atoms with Crippen molar-refractivity contribution in [3.63, 3.8) is 0 Å². The Morgan fingerprint density at radius 1 is 1.36 bits per heavy atom. The molecule has 1 heterocycles. The van der Waals surface area contributed by atoms with Crippen LogP contribution in [0.25, 0.3) is 10.1 Å². The third-order valence-corrected chi connectivity index (χ3v) is 4.81. The molecule has 22 heavy (non-hydrogen) atoms. The molecule has 0 radical (unpaired) electrons. The molecule has 0 fully saturated rings. The average Bonchev–Trinajstić information content (AvgIpc) is 2.88.